The molecule has 1 unspecified atom stereocenters. The van der Waals surface area contributed by atoms with Crippen LogP contribution in [0.1, 0.15) is 46.0 Å². The van der Waals surface area contributed by atoms with Crippen molar-refractivity contribution in [3.63, 3.8) is 0 Å². The van der Waals surface area contributed by atoms with E-state index < -0.39 is 0 Å². The van der Waals surface area contributed by atoms with Gasteiger partial charge in [-0.3, -0.25) is 4.79 Å². The molecule has 0 aliphatic rings. The number of nitrogens with two attached hydrogens (primary N) is 1. The minimum Gasteiger partial charge on any atom is -0.396 e. The maximum atomic E-state index is 11.4. The van der Waals surface area contributed by atoms with E-state index in [9.17, 15) is 4.79 Å². The Balaban J connectivity index is 3.37. The Morgan fingerprint density at radius 3 is 2.44 bits per heavy atom. The fourth-order valence-corrected chi connectivity index (χ4v) is 1.34. The van der Waals surface area contributed by atoms with Gasteiger partial charge in [0.1, 0.15) is 0 Å². The topological polar surface area (TPSA) is 75.4 Å². The molecule has 0 saturated heterocycles. The van der Waals surface area contributed by atoms with Crippen LogP contribution in [0.4, 0.5) is 0 Å². The van der Waals surface area contributed by atoms with Crippen LogP contribution in [0.3, 0.4) is 0 Å². The summed E-state index contributed by atoms with van der Waals surface area (Å²) < 4.78 is 0. The van der Waals surface area contributed by atoms with Crippen molar-refractivity contribution in [2.45, 2.75) is 52.0 Å². The first kappa shape index (κ1) is 15.4. The minimum absolute atomic E-state index is 0.0448. The van der Waals surface area contributed by atoms with Crippen LogP contribution in [0, 0.1) is 5.92 Å². The second-order valence-corrected chi connectivity index (χ2v) is 4.60. The molecule has 96 valence electrons. The first-order valence-electron chi connectivity index (χ1n) is 6.21. The van der Waals surface area contributed by atoms with Gasteiger partial charge in [-0.2, -0.15) is 0 Å². The summed E-state index contributed by atoms with van der Waals surface area (Å²) in [5.41, 5.74) is 5.80. The second-order valence-electron chi connectivity index (χ2n) is 4.60. The first-order valence-corrected chi connectivity index (χ1v) is 6.21. The van der Waals surface area contributed by atoms with Gasteiger partial charge in [0.05, 0.1) is 0 Å². The molecular formula is C12H26N2O2. The Kier molecular flexibility index (Phi) is 9.24. The van der Waals surface area contributed by atoms with Gasteiger partial charge in [-0.1, -0.05) is 26.7 Å². The molecule has 4 nitrogen and oxygen atoms in total. The van der Waals surface area contributed by atoms with Crippen LogP contribution in [0.5, 0.6) is 0 Å². The van der Waals surface area contributed by atoms with Crippen molar-refractivity contribution in [3.05, 3.63) is 0 Å². The van der Waals surface area contributed by atoms with Crippen molar-refractivity contribution in [1.29, 1.82) is 0 Å². The highest BCUT2D eigenvalue weighted by atomic mass is 16.2. The molecule has 0 aromatic heterocycles. The molecule has 0 aliphatic heterocycles. The highest BCUT2D eigenvalue weighted by Gasteiger charge is 2.11. The third kappa shape index (κ3) is 8.68. The van der Waals surface area contributed by atoms with Gasteiger partial charge in [0.25, 0.3) is 0 Å². The number of aliphatic hydroxyl groups is 1. The van der Waals surface area contributed by atoms with Crippen LogP contribution in [0.2, 0.25) is 0 Å². The molecule has 0 bridgehead atoms. The highest BCUT2D eigenvalue weighted by Crippen LogP contribution is 2.02. The smallest absolute Gasteiger partial charge is 0.221 e. The second kappa shape index (κ2) is 9.60. The summed E-state index contributed by atoms with van der Waals surface area (Å²) in [6.45, 7) is 5.02. The SMILES string of the molecule is CC(C)C(N)CC(=O)NCCCCCCO. The molecule has 0 saturated carbocycles. The van der Waals surface area contributed by atoms with E-state index in [0.29, 0.717) is 12.3 Å². The summed E-state index contributed by atoms with van der Waals surface area (Å²) in [6, 6.07) is -0.0469. The lowest BCUT2D eigenvalue weighted by Crippen LogP contribution is -2.35. The van der Waals surface area contributed by atoms with E-state index >= 15 is 0 Å². The van der Waals surface area contributed by atoms with Crippen LogP contribution in [-0.2, 0) is 4.79 Å². The number of unbranched alkanes of at least 4 members (excludes halogenated alkanes) is 3. The molecule has 0 rings (SSSR count). The number of aliphatic hydroxyl groups excluding tert-OH is 1. The summed E-state index contributed by atoms with van der Waals surface area (Å²) >= 11 is 0. The van der Waals surface area contributed by atoms with Crippen LogP contribution in [-0.4, -0.2) is 30.2 Å². The summed E-state index contributed by atoms with van der Waals surface area (Å²) in [6.07, 6.45) is 4.32. The fourth-order valence-electron chi connectivity index (χ4n) is 1.34. The van der Waals surface area contributed by atoms with Gasteiger partial charge in [0, 0.05) is 25.6 Å². The normalized spacial score (nSPS) is 12.8. The zero-order valence-corrected chi connectivity index (χ0v) is 10.5. The number of hydrogen-bond acceptors (Lipinski definition) is 3. The lowest BCUT2D eigenvalue weighted by molar-refractivity contribution is -0.121. The maximum Gasteiger partial charge on any atom is 0.221 e. The van der Waals surface area contributed by atoms with E-state index in [1.165, 1.54) is 0 Å². The predicted octanol–water partition coefficient (Wildman–Crippen LogP) is 1.03. The van der Waals surface area contributed by atoms with Crippen LogP contribution in [0.25, 0.3) is 0 Å². The van der Waals surface area contributed by atoms with E-state index in [1.807, 2.05) is 13.8 Å². The molecule has 16 heavy (non-hydrogen) atoms. The number of nitrogens with one attached hydrogen (secondary N) is 1. The fraction of sp³-hybridized carbons (Fsp3) is 0.917. The maximum absolute atomic E-state index is 11.4. The predicted molar refractivity (Wildman–Crippen MR) is 66.0 cm³/mol. The first-order chi connectivity index (χ1) is 7.57. The number of carbonyl (C=O) groups excluding carboxylic acids is 1. The minimum atomic E-state index is -0.0469. The monoisotopic (exact) mass is 230 g/mol. The Morgan fingerprint density at radius 2 is 1.88 bits per heavy atom. The molecule has 0 aromatic rings. The van der Waals surface area contributed by atoms with E-state index in [1.54, 1.807) is 0 Å². The van der Waals surface area contributed by atoms with Gasteiger partial charge in [0.2, 0.25) is 5.91 Å². The van der Waals surface area contributed by atoms with E-state index in [0.717, 1.165) is 32.2 Å². The zero-order chi connectivity index (χ0) is 12.4. The molecule has 0 aromatic carbocycles. The van der Waals surface area contributed by atoms with Gasteiger partial charge in [0.15, 0.2) is 0 Å². The zero-order valence-electron chi connectivity index (χ0n) is 10.5. The Bertz CT molecular complexity index is 184. The quantitative estimate of drug-likeness (QED) is 0.518. The lowest BCUT2D eigenvalue weighted by atomic mass is 10.0. The highest BCUT2D eigenvalue weighted by molar-refractivity contribution is 5.76. The summed E-state index contributed by atoms with van der Waals surface area (Å²) in [5.74, 6) is 0.388. The molecule has 0 heterocycles. The molecule has 0 radical (unpaired) electrons. The summed E-state index contributed by atoms with van der Waals surface area (Å²) in [5, 5.41) is 11.4. The molecule has 0 fully saturated rings. The van der Waals surface area contributed by atoms with Crippen molar-refractivity contribution in [2.24, 2.45) is 11.7 Å². The van der Waals surface area contributed by atoms with Crippen LogP contribution in [0.15, 0.2) is 0 Å². The Morgan fingerprint density at radius 1 is 1.25 bits per heavy atom. The van der Waals surface area contributed by atoms with E-state index in [-0.39, 0.29) is 18.6 Å². The molecule has 4 heteroatoms. The summed E-state index contributed by atoms with van der Waals surface area (Å²) in [7, 11) is 0. The van der Waals surface area contributed by atoms with Crippen molar-refractivity contribution in [3.8, 4) is 0 Å². The third-order valence-corrected chi connectivity index (χ3v) is 2.68. The largest absolute Gasteiger partial charge is 0.396 e. The third-order valence-electron chi connectivity index (χ3n) is 2.68. The average molecular weight is 230 g/mol. The average Bonchev–Trinajstić information content (AvgIpc) is 2.23. The number of amides is 1. The molecule has 1 atom stereocenters. The van der Waals surface area contributed by atoms with Crippen molar-refractivity contribution < 1.29 is 9.90 Å². The molecular weight excluding hydrogens is 204 g/mol. The van der Waals surface area contributed by atoms with Gasteiger partial charge in [-0.25, -0.2) is 0 Å². The van der Waals surface area contributed by atoms with Crippen molar-refractivity contribution >= 4 is 5.91 Å². The van der Waals surface area contributed by atoms with E-state index in [4.69, 9.17) is 10.8 Å². The lowest BCUT2D eigenvalue weighted by Gasteiger charge is -2.14. The number of hydrogen-bond donors (Lipinski definition) is 3. The van der Waals surface area contributed by atoms with Gasteiger partial charge in [-0.05, 0) is 18.8 Å². The molecule has 1 amide bonds. The van der Waals surface area contributed by atoms with Crippen molar-refractivity contribution in [2.75, 3.05) is 13.2 Å². The van der Waals surface area contributed by atoms with Gasteiger partial charge in [-0.15, -0.1) is 0 Å². The molecule has 0 spiro atoms. The van der Waals surface area contributed by atoms with Crippen LogP contribution < -0.4 is 11.1 Å². The van der Waals surface area contributed by atoms with E-state index in [2.05, 4.69) is 5.32 Å². The number of rotatable bonds is 9. The number of carbonyl (C=O) groups is 1. The summed E-state index contributed by atoms with van der Waals surface area (Å²) in [4.78, 5) is 11.4. The Labute approximate surface area is 98.6 Å². The standard InChI is InChI=1S/C12H26N2O2/c1-10(2)11(13)9-12(16)14-7-5-3-4-6-8-15/h10-11,15H,3-9,13H2,1-2H3,(H,14,16). The molecule has 4 N–H and O–H groups in total. The molecule has 0 aliphatic carbocycles. The van der Waals surface area contributed by atoms with Crippen LogP contribution >= 0.6 is 0 Å². The van der Waals surface area contributed by atoms with Crippen molar-refractivity contribution in [1.82, 2.24) is 5.32 Å². The van der Waals surface area contributed by atoms with Gasteiger partial charge < -0.3 is 16.2 Å². The van der Waals surface area contributed by atoms with Gasteiger partial charge >= 0.3 is 0 Å². The Hall–Kier alpha value is -0.610.